The lowest BCUT2D eigenvalue weighted by Crippen LogP contribution is -2.43. The molecule has 0 aliphatic heterocycles. The van der Waals surface area contributed by atoms with E-state index in [1.807, 2.05) is 6.08 Å². The van der Waals surface area contributed by atoms with Gasteiger partial charge in [0.25, 0.3) is 0 Å². The molecule has 0 bridgehead atoms. The molecular formula is C28H30Cl2O3. The van der Waals surface area contributed by atoms with Gasteiger partial charge in [-0.25, -0.2) is 0 Å². The van der Waals surface area contributed by atoms with Crippen LogP contribution in [0.5, 0.6) is 5.75 Å². The number of allylic oxidation sites excluding steroid dienone is 1. The fourth-order valence-corrected chi connectivity index (χ4v) is 7.34. The van der Waals surface area contributed by atoms with E-state index >= 15 is 0 Å². The smallest absolute Gasteiger partial charge is 0.187 e. The first-order chi connectivity index (χ1) is 15.8. The first kappa shape index (κ1) is 23.0. The molecule has 2 saturated carbocycles. The van der Waals surface area contributed by atoms with Crippen molar-refractivity contribution in [2.45, 2.75) is 57.5 Å². The van der Waals surface area contributed by atoms with Crippen molar-refractivity contribution in [2.24, 2.45) is 17.3 Å². The van der Waals surface area contributed by atoms with Crippen LogP contribution in [0, 0.1) is 17.3 Å². The van der Waals surface area contributed by atoms with Crippen LogP contribution in [0.1, 0.15) is 72.0 Å². The molecule has 1 N–H and O–H groups in total. The van der Waals surface area contributed by atoms with E-state index in [0.717, 1.165) is 43.4 Å². The standard InChI is InChI=1S/C28H30Cl2O3/c1-28-12-11-19-20(23(28)8-10-27(28)32)6-3-16-14-26(33-2)17(13-22(16)19)4-9-25(31)21-7-5-18(29)15-24(21)30/h4-5,7,9,13-15,19-20,23,27,32H,3,6,8,10-12H2,1-2H3/b9-4+/t19-,20+,23-,27-,28-/m0/s1. The molecule has 174 valence electrons. The Hall–Kier alpha value is -1.81. The van der Waals surface area contributed by atoms with Gasteiger partial charge < -0.3 is 9.84 Å². The van der Waals surface area contributed by atoms with Crippen LogP contribution in [-0.2, 0) is 6.42 Å². The number of hydrogen-bond acceptors (Lipinski definition) is 3. The van der Waals surface area contributed by atoms with Gasteiger partial charge in [-0.3, -0.25) is 4.79 Å². The van der Waals surface area contributed by atoms with E-state index in [-0.39, 0.29) is 17.3 Å². The second kappa shape index (κ2) is 8.76. The number of aliphatic hydroxyl groups is 1. The molecule has 0 heterocycles. The number of aryl methyl sites for hydroxylation is 1. The van der Waals surface area contributed by atoms with E-state index in [2.05, 4.69) is 19.1 Å². The molecule has 0 aromatic heterocycles. The number of benzene rings is 2. The van der Waals surface area contributed by atoms with E-state index in [0.29, 0.717) is 33.4 Å². The highest BCUT2D eigenvalue weighted by Crippen LogP contribution is 2.61. The summed E-state index contributed by atoms with van der Waals surface area (Å²) in [6.45, 7) is 2.30. The Bertz CT molecular complexity index is 1120. The van der Waals surface area contributed by atoms with E-state index in [9.17, 15) is 9.90 Å². The minimum atomic E-state index is -0.164. The summed E-state index contributed by atoms with van der Waals surface area (Å²) in [5.74, 6) is 2.34. The Balaban J connectivity index is 1.46. The van der Waals surface area contributed by atoms with Crippen molar-refractivity contribution in [3.63, 3.8) is 0 Å². The average molecular weight is 485 g/mol. The first-order valence-electron chi connectivity index (χ1n) is 11.9. The van der Waals surface area contributed by atoms with Gasteiger partial charge in [-0.05, 0) is 115 Å². The van der Waals surface area contributed by atoms with Crippen LogP contribution in [0.2, 0.25) is 10.0 Å². The van der Waals surface area contributed by atoms with Gasteiger partial charge in [0, 0.05) is 16.1 Å². The quantitative estimate of drug-likeness (QED) is 0.371. The number of carbonyl (C=O) groups excluding carboxylic acids is 1. The van der Waals surface area contributed by atoms with Gasteiger partial charge in [0.15, 0.2) is 5.78 Å². The van der Waals surface area contributed by atoms with Crippen molar-refractivity contribution < 1.29 is 14.6 Å². The molecule has 0 amide bonds. The lowest BCUT2D eigenvalue weighted by atomic mass is 9.55. The van der Waals surface area contributed by atoms with Crippen LogP contribution < -0.4 is 4.74 Å². The lowest BCUT2D eigenvalue weighted by molar-refractivity contribution is -0.0226. The first-order valence-corrected chi connectivity index (χ1v) is 12.6. The molecule has 5 atom stereocenters. The number of ketones is 1. The van der Waals surface area contributed by atoms with Gasteiger partial charge >= 0.3 is 0 Å². The minimum Gasteiger partial charge on any atom is -0.496 e. The number of aliphatic hydroxyl groups excluding tert-OH is 1. The molecule has 33 heavy (non-hydrogen) atoms. The Kier molecular flexibility index (Phi) is 6.09. The lowest BCUT2D eigenvalue weighted by Gasteiger charge is -2.50. The maximum Gasteiger partial charge on any atom is 0.187 e. The maximum atomic E-state index is 12.8. The topological polar surface area (TPSA) is 46.5 Å². The Morgan fingerprint density at radius 1 is 1.15 bits per heavy atom. The number of halogens is 2. The van der Waals surface area contributed by atoms with Crippen molar-refractivity contribution in [1.29, 1.82) is 0 Å². The fourth-order valence-electron chi connectivity index (χ4n) is 6.84. The molecule has 5 heteroatoms. The third-order valence-corrected chi connectivity index (χ3v) is 9.18. The van der Waals surface area contributed by atoms with Gasteiger partial charge in [0.1, 0.15) is 5.75 Å². The summed E-state index contributed by atoms with van der Waals surface area (Å²) in [5, 5.41) is 11.5. The summed E-state index contributed by atoms with van der Waals surface area (Å²) >= 11 is 12.2. The predicted octanol–water partition coefficient (Wildman–Crippen LogP) is 7.12. The molecule has 3 aliphatic carbocycles. The molecule has 2 aromatic carbocycles. The Morgan fingerprint density at radius 2 is 1.97 bits per heavy atom. The number of ether oxygens (including phenoxy) is 1. The normalized spacial score (nSPS) is 30.6. The monoisotopic (exact) mass is 484 g/mol. The van der Waals surface area contributed by atoms with Crippen LogP contribution in [-0.4, -0.2) is 24.1 Å². The van der Waals surface area contributed by atoms with Gasteiger partial charge in [0.05, 0.1) is 18.2 Å². The summed E-state index contributed by atoms with van der Waals surface area (Å²) in [5.41, 5.74) is 4.17. The second-order valence-corrected chi connectivity index (χ2v) is 11.0. The third kappa shape index (κ3) is 3.92. The highest BCUT2D eigenvalue weighted by molar-refractivity contribution is 6.37. The third-order valence-electron chi connectivity index (χ3n) is 8.64. The summed E-state index contributed by atoms with van der Waals surface area (Å²) in [6.07, 6.45) is 9.70. The van der Waals surface area contributed by atoms with Gasteiger partial charge in [-0.2, -0.15) is 0 Å². The summed E-state index contributed by atoms with van der Waals surface area (Å²) < 4.78 is 5.69. The van der Waals surface area contributed by atoms with Crippen LogP contribution in [0.25, 0.3) is 6.08 Å². The van der Waals surface area contributed by atoms with Crippen molar-refractivity contribution in [3.8, 4) is 5.75 Å². The van der Waals surface area contributed by atoms with Crippen LogP contribution in [0.15, 0.2) is 36.4 Å². The largest absolute Gasteiger partial charge is 0.496 e. The zero-order chi connectivity index (χ0) is 23.3. The van der Waals surface area contributed by atoms with Gasteiger partial charge in [0.2, 0.25) is 0 Å². The van der Waals surface area contributed by atoms with Crippen molar-refractivity contribution in [1.82, 2.24) is 0 Å². The molecular weight excluding hydrogens is 455 g/mol. The zero-order valence-electron chi connectivity index (χ0n) is 19.1. The highest BCUT2D eigenvalue weighted by Gasteiger charge is 2.54. The van der Waals surface area contributed by atoms with Crippen molar-refractivity contribution in [3.05, 3.63) is 68.7 Å². The molecule has 2 fully saturated rings. The minimum absolute atomic E-state index is 0.0676. The molecule has 3 nitrogen and oxygen atoms in total. The average Bonchev–Trinajstić information content (AvgIpc) is 3.11. The van der Waals surface area contributed by atoms with Gasteiger partial charge in [-0.15, -0.1) is 0 Å². The molecule has 0 saturated heterocycles. The molecule has 5 rings (SSSR count). The SMILES string of the molecule is COc1cc2c(cc1/C=C/C(=O)c1ccc(Cl)cc1Cl)[C@H]1CC[C@]3(C)[C@@H](O)CC[C@H]3[C@@H]1CC2. The number of hydrogen-bond donors (Lipinski definition) is 1. The number of rotatable bonds is 4. The van der Waals surface area contributed by atoms with Crippen molar-refractivity contribution in [2.75, 3.05) is 7.11 Å². The Labute approximate surface area is 205 Å². The maximum absolute atomic E-state index is 12.8. The fraction of sp³-hybridized carbons (Fsp3) is 0.464. The summed E-state index contributed by atoms with van der Waals surface area (Å²) in [4.78, 5) is 12.8. The molecule has 3 aliphatic rings. The van der Waals surface area contributed by atoms with E-state index in [1.165, 1.54) is 17.5 Å². The Morgan fingerprint density at radius 3 is 2.73 bits per heavy atom. The second-order valence-electron chi connectivity index (χ2n) is 10.2. The summed E-state index contributed by atoms with van der Waals surface area (Å²) in [6, 6.07) is 9.29. The zero-order valence-corrected chi connectivity index (χ0v) is 20.6. The van der Waals surface area contributed by atoms with E-state index in [4.69, 9.17) is 27.9 Å². The number of fused-ring (bicyclic) bond motifs is 5. The van der Waals surface area contributed by atoms with E-state index in [1.54, 1.807) is 31.4 Å². The molecule has 0 unspecified atom stereocenters. The molecule has 2 aromatic rings. The van der Waals surface area contributed by atoms with Gasteiger partial charge in [-0.1, -0.05) is 30.1 Å². The molecule has 0 radical (unpaired) electrons. The van der Waals surface area contributed by atoms with Crippen LogP contribution >= 0.6 is 23.2 Å². The highest BCUT2D eigenvalue weighted by atomic mass is 35.5. The number of carbonyl (C=O) groups is 1. The predicted molar refractivity (Wildman–Crippen MR) is 133 cm³/mol. The van der Waals surface area contributed by atoms with Crippen molar-refractivity contribution >= 4 is 35.1 Å². The summed E-state index contributed by atoms with van der Waals surface area (Å²) in [7, 11) is 1.68. The van der Waals surface area contributed by atoms with Crippen LogP contribution in [0.3, 0.4) is 0 Å². The van der Waals surface area contributed by atoms with E-state index < -0.39 is 0 Å². The molecule has 0 spiro atoms. The van der Waals surface area contributed by atoms with Crippen LogP contribution in [0.4, 0.5) is 0 Å². The number of methoxy groups -OCH3 is 1.